The summed E-state index contributed by atoms with van der Waals surface area (Å²) >= 11 is 0. The second-order valence-corrected chi connectivity index (χ2v) is 6.07. The minimum absolute atomic E-state index is 0.104. The molecule has 0 amide bonds. The maximum Gasteiger partial charge on any atom is 0.123 e. The van der Waals surface area contributed by atoms with E-state index in [1.54, 1.807) is 14.0 Å². The molecule has 0 aromatic heterocycles. The Morgan fingerprint density at radius 3 is 2.80 bits per heavy atom. The summed E-state index contributed by atoms with van der Waals surface area (Å²) in [4.78, 5) is 2.37. The van der Waals surface area contributed by atoms with Gasteiger partial charge in [-0.2, -0.15) is 0 Å². The van der Waals surface area contributed by atoms with Crippen molar-refractivity contribution in [3.8, 4) is 5.75 Å². The van der Waals surface area contributed by atoms with Crippen molar-refractivity contribution in [1.29, 1.82) is 0 Å². The lowest BCUT2D eigenvalue weighted by molar-refractivity contribution is -0.0883. The first kappa shape index (κ1) is 15.3. The van der Waals surface area contributed by atoms with E-state index in [4.69, 9.17) is 9.47 Å². The number of aliphatic hydroxyl groups excluding tert-OH is 1. The maximum absolute atomic E-state index is 9.73. The second-order valence-electron chi connectivity index (χ2n) is 6.07. The first-order chi connectivity index (χ1) is 9.41. The highest BCUT2D eigenvalue weighted by molar-refractivity contribution is 5.38. The number of hydrogen-bond donors (Lipinski definition) is 1. The van der Waals surface area contributed by atoms with E-state index < -0.39 is 6.10 Å². The zero-order valence-electron chi connectivity index (χ0n) is 12.8. The summed E-state index contributed by atoms with van der Waals surface area (Å²) < 4.78 is 11.2. The lowest BCUT2D eigenvalue weighted by Gasteiger charge is -2.38. The lowest BCUT2D eigenvalue weighted by atomic mass is 10.0. The van der Waals surface area contributed by atoms with Gasteiger partial charge in [0.05, 0.1) is 25.4 Å². The minimum atomic E-state index is -0.458. The lowest BCUT2D eigenvalue weighted by Crippen LogP contribution is -2.47. The Kier molecular flexibility index (Phi) is 4.68. The van der Waals surface area contributed by atoms with Crippen LogP contribution in [-0.4, -0.2) is 42.4 Å². The molecule has 4 heteroatoms. The summed E-state index contributed by atoms with van der Waals surface area (Å²) in [5.74, 6) is 0.874. The monoisotopic (exact) mass is 279 g/mol. The zero-order chi connectivity index (χ0) is 14.8. The van der Waals surface area contributed by atoms with E-state index in [0.29, 0.717) is 0 Å². The van der Waals surface area contributed by atoms with Crippen molar-refractivity contribution >= 4 is 0 Å². The van der Waals surface area contributed by atoms with E-state index >= 15 is 0 Å². The molecule has 1 heterocycles. The number of aliphatic hydroxyl groups is 1. The third-order valence-electron chi connectivity index (χ3n) is 3.69. The number of hydrogen-bond acceptors (Lipinski definition) is 4. The summed E-state index contributed by atoms with van der Waals surface area (Å²) in [6.07, 6.45) is -0.458. The van der Waals surface area contributed by atoms with Crippen molar-refractivity contribution in [3.05, 3.63) is 29.3 Å². The van der Waals surface area contributed by atoms with Gasteiger partial charge in [-0.25, -0.2) is 0 Å². The van der Waals surface area contributed by atoms with Crippen LogP contribution in [0.4, 0.5) is 0 Å². The highest BCUT2D eigenvalue weighted by Crippen LogP contribution is 2.26. The van der Waals surface area contributed by atoms with Gasteiger partial charge in [0.25, 0.3) is 0 Å². The average molecular weight is 279 g/mol. The van der Waals surface area contributed by atoms with Crippen molar-refractivity contribution in [2.75, 3.05) is 26.8 Å². The van der Waals surface area contributed by atoms with Gasteiger partial charge in [0.1, 0.15) is 5.75 Å². The van der Waals surface area contributed by atoms with Crippen molar-refractivity contribution in [1.82, 2.24) is 4.90 Å². The van der Waals surface area contributed by atoms with E-state index in [9.17, 15) is 5.11 Å². The van der Waals surface area contributed by atoms with Crippen LogP contribution in [0.1, 0.15) is 38.0 Å². The van der Waals surface area contributed by atoms with Gasteiger partial charge in [-0.15, -0.1) is 0 Å². The molecule has 2 rings (SSSR count). The van der Waals surface area contributed by atoms with Crippen LogP contribution in [0, 0.1) is 0 Å². The van der Waals surface area contributed by atoms with Gasteiger partial charge in [-0.1, -0.05) is 6.07 Å². The zero-order valence-corrected chi connectivity index (χ0v) is 12.8. The van der Waals surface area contributed by atoms with Crippen LogP contribution in [0.2, 0.25) is 0 Å². The van der Waals surface area contributed by atoms with E-state index in [2.05, 4.69) is 18.7 Å². The van der Waals surface area contributed by atoms with Crippen molar-refractivity contribution < 1.29 is 14.6 Å². The summed E-state index contributed by atoms with van der Waals surface area (Å²) in [6.45, 7) is 9.40. The highest BCUT2D eigenvalue weighted by atomic mass is 16.5. The molecule has 0 aliphatic carbocycles. The molecule has 20 heavy (non-hydrogen) atoms. The fourth-order valence-corrected chi connectivity index (χ4v) is 2.67. The van der Waals surface area contributed by atoms with Gasteiger partial charge in [-0.3, -0.25) is 4.90 Å². The van der Waals surface area contributed by atoms with Crippen LogP contribution in [0.3, 0.4) is 0 Å². The molecule has 1 aromatic rings. The number of methoxy groups -OCH3 is 1. The molecule has 1 aliphatic rings. The number of morpholine rings is 1. The summed E-state index contributed by atoms with van der Waals surface area (Å²) in [5, 5.41) is 9.73. The number of nitrogens with zero attached hydrogens (tertiary/aromatic N) is 1. The maximum atomic E-state index is 9.73. The van der Waals surface area contributed by atoms with Gasteiger partial charge >= 0.3 is 0 Å². The second kappa shape index (κ2) is 6.12. The molecule has 4 nitrogen and oxygen atoms in total. The Morgan fingerprint density at radius 1 is 1.45 bits per heavy atom. The molecule has 1 aliphatic heterocycles. The SMILES string of the molecule is COc1ccc(C(C)O)cc1CN1CCOC(C)(C)C1. The van der Waals surface area contributed by atoms with E-state index in [-0.39, 0.29) is 5.60 Å². The molecule has 1 fully saturated rings. The summed E-state index contributed by atoms with van der Waals surface area (Å²) in [7, 11) is 1.68. The molecule has 0 spiro atoms. The summed E-state index contributed by atoms with van der Waals surface area (Å²) in [6, 6.07) is 5.88. The predicted octanol–water partition coefficient (Wildman–Crippen LogP) is 2.36. The fraction of sp³-hybridized carbons (Fsp3) is 0.625. The Hall–Kier alpha value is -1.10. The Labute approximate surface area is 121 Å². The third-order valence-corrected chi connectivity index (χ3v) is 3.69. The molecular formula is C16H25NO3. The Bertz CT molecular complexity index is 457. The normalized spacial score (nSPS) is 20.6. The van der Waals surface area contributed by atoms with Crippen LogP contribution in [0.5, 0.6) is 5.75 Å². The fourth-order valence-electron chi connectivity index (χ4n) is 2.67. The molecule has 1 saturated heterocycles. The van der Waals surface area contributed by atoms with Gasteiger partial charge in [0.2, 0.25) is 0 Å². The molecule has 1 atom stereocenters. The quantitative estimate of drug-likeness (QED) is 0.918. The largest absolute Gasteiger partial charge is 0.496 e. The minimum Gasteiger partial charge on any atom is -0.496 e. The highest BCUT2D eigenvalue weighted by Gasteiger charge is 2.27. The number of rotatable bonds is 4. The molecule has 0 radical (unpaired) electrons. The van der Waals surface area contributed by atoms with E-state index in [1.165, 1.54) is 0 Å². The van der Waals surface area contributed by atoms with Crippen molar-refractivity contribution in [3.63, 3.8) is 0 Å². The van der Waals surface area contributed by atoms with Crippen LogP contribution in [-0.2, 0) is 11.3 Å². The molecule has 1 unspecified atom stereocenters. The van der Waals surface area contributed by atoms with Crippen LogP contribution in [0.25, 0.3) is 0 Å². The number of ether oxygens (including phenoxy) is 2. The average Bonchev–Trinajstić information content (AvgIpc) is 2.37. The topological polar surface area (TPSA) is 41.9 Å². The molecule has 1 N–H and O–H groups in total. The molecular weight excluding hydrogens is 254 g/mol. The van der Waals surface area contributed by atoms with Crippen LogP contribution in [0.15, 0.2) is 18.2 Å². The van der Waals surface area contributed by atoms with Crippen LogP contribution < -0.4 is 4.74 Å². The molecule has 112 valence electrons. The van der Waals surface area contributed by atoms with Gasteiger partial charge in [-0.05, 0) is 38.5 Å². The van der Waals surface area contributed by atoms with Crippen LogP contribution >= 0.6 is 0 Å². The first-order valence-electron chi connectivity index (χ1n) is 7.12. The first-order valence-corrected chi connectivity index (χ1v) is 7.12. The van der Waals surface area contributed by atoms with Gasteiger partial charge in [0, 0.05) is 25.2 Å². The van der Waals surface area contributed by atoms with Crippen molar-refractivity contribution in [2.24, 2.45) is 0 Å². The Balaban J connectivity index is 2.16. The van der Waals surface area contributed by atoms with Gasteiger partial charge < -0.3 is 14.6 Å². The number of benzene rings is 1. The summed E-state index contributed by atoms with van der Waals surface area (Å²) in [5.41, 5.74) is 1.94. The molecule has 0 saturated carbocycles. The standard InChI is InChI=1S/C16H25NO3/c1-12(18)13-5-6-15(19-4)14(9-13)10-17-7-8-20-16(2,3)11-17/h5-6,9,12,18H,7-8,10-11H2,1-4H3. The Morgan fingerprint density at radius 2 is 2.20 bits per heavy atom. The van der Waals surface area contributed by atoms with E-state index in [0.717, 1.165) is 43.1 Å². The van der Waals surface area contributed by atoms with E-state index in [1.807, 2.05) is 18.2 Å². The third kappa shape index (κ3) is 3.72. The smallest absolute Gasteiger partial charge is 0.123 e. The molecule has 0 bridgehead atoms. The predicted molar refractivity (Wildman–Crippen MR) is 78.9 cm³/mol. The molecule has 1 aromatic carbocycles. The van der Waals surface area contributed by atoms with Crippen molar-refractivity contribution in [2.45, 2.75) is 39.0 Å². The van der Waals surface area contributed by atoms with Gasteiger partial charge in [0.15, 0.2) is 0 Å².